The highest BCUT2D eigenvalue weighted by Gasteiger charge is 2.32. The van der Waals surface area contributed by atoms with E-state index >= 15 is 0 Å². The van der Waals surface area contributed by atoms with Crippen LogP contribution in [0.5, 0.6) is 11.5 Å². The third kappa shape index (κ3) is 3.76. The number of hydrogen-bond acceptors (Lipinski definition) is 6. The number of nitrogens with one attached hydrogen (secondary N) is 1. The van der Waals surface area contributed by atoms with Crippen molar-refractivity contribution in [2.45, 2.75) is 19.0 Å². The van der Waals surface area contributed by atoms with E-state index in [0.29, 0.717) is 18.7 Å². The molecule has 0 bridgehead atoms. The van der Waals surface area contributed by atoms with Gasteiger partial charge in [0.25, 0.3) is 0 Å². The van der Waals surface area contributed by atoms with Crippen LogP contribution in [0.15, 0.2) is 18.2 Å². The summed E-state index contributed by atoms with van der Waals surface area (Å²) in [7, 11) is -1.32. The Morgan fingerprint density at radius 1 is 1.35 bits per heavy atom. The molecule has 0 saturated carbocycles. The van der Waals surface area contributed by atoms with Crippen molar-refractivity contribution in [3.8, 4) is 11.5 Å². The highest BCUT2D eigenvalue weighted by Crippen LogP contribution is 2.32. The Morgan fingerprint density at radius 2 is 2.13 bits per heavy atom. The van der Waals surface area contributed by atoms with Crippen LogP contribution < -0.4 is 14.8 Å². The van der Waals surface area contributed by atoms with E-state index in [1.807, 2.05) is 18.2 Å². The van der Waals surface area contributed by atoms with E-state index in [2.05, 4.69) is 5.32 Å². The second-order valence-corrected chi connectivity index (χ2v) is 8.08. The van der Waals surface area contributed by atoms with Crippen molar-refractivity contribution in [3.63, 3.8) is 0 Å². The van der Waals surface area contributed by atoms with E-state index in [-0.39, 0.29) is 36.8 Å². The van der Waals surface area contributed by atoms with Crippen LogP contribution in [0.25, 0.3) is 0 Å². The first-order valence-corrected chi connectivity index (χ1v) is 9.32. The number of carbonyl (C=O) groups excluding carboxylic acids is 1. The number of fused-ring (bicyclic) bond motifs is 1. The Balaban J connectivity index is 1.47. The van der Waals surface area contributed by atoms with Gasteiger partial charge in [-0.1, -0.05) is 6.07 Å². The molecule has 0 aliphatic carbocycles. The number of ether oxygens (including phenoxy) is 2. The van der Waals surface area contributed by atoms with E-state index in [0.717, 1.165) is 11.3 Å². The summed E-state index contributed by atoms with van der Waals surface area (Å²) in [6, 6.07) is 5.43. The van der Waals surface area contributed by atoms with E-state index in [4.69, 9.17) is 9.47 Å². The zero-order chi connectivity index (χ0) is 16.4. The molecule has 0 spiro atoms. The summed E-state index contributed by atoms with van der Waals surface area (Å²) in [6.45, 7) is 0.931. The van der Waals surface area contributed by atoms with Crippen molar-refractivity contribution in [3.05, 3.63) is 23.8 Å². The molecule has 126 valence electrons. The summed E-state index contributed by atoms with van der Waals surface area (Å²) in [4.78, 5) is 13.7. The molecule has 0 aromatic heterocycles. The number of amides is 1. The third-order valence-corrected chi connectivity index (χ3v) is 5.94. The minimum absolute atomic E-state index is 0.0669. The Bertz CT molecular complexity index is 704. The standard InChI is InChI=1S/C15H20N2O5S/c1-17(12-4-5-23(19,20)9-12)15(18)8-16-7-11-2-3-13-14(6-11)22-10-21-13/h2-3,6,12,16H,4-5,7-10H2,1H3. The van der Waals surface area contributed by atoms with Crippen LogP contribution in [0, 0.1) is 0 Å². The van der Waals surface area contributed by atoms with Gasteiger partial charge in [0.1, 0.15) is 0 Å². The average molecular weight is 340 g/mol. The van der Waals surface area contributed by atoms with E-state index in [1.165, 1.54) is 4.90 Å². The minimum atomic E-state index is -2.98. The largest absolute Gasteiger partial charge is 0.454 e. The molecule has 8 heteroatoms. The SMILES string of the molecule is CN(C(=O)CNCc1ccc2c(c1)OCO2)C1CCS(=O)(=O)C1. The average Bonchev–Trinajstić information content (AvgIpc) is 3.11. The molecule has 1 atom stereocenters. The highest BCUT2D eigenvalue weighted by atomic mass is 32.2. The quantitative estimate of drug-likeness (QED) is 0.821. The lowest BCUT2D eigenvalue weighted by atomic mass is 10.2. The molecule has 3 rings (SSSR count). The van der Waals surface area contributed by atoms with Crippen molar-refractivity contribution in [2.75, 3.05) is 31.9 Å². The fourth-order valence-electron chi connectivity index (χ4n) is 2.77. The maximum Gasteiger partial charge on any atom is 0.236 e. The number of sulfone groups is 1. The zero-order valence-corrected chi connectivity index (χ0v) is 13.8. The third-order valence-electron chi connectivity index (χ3n) is 4.19. The number of nitrogens with zero attached hydrogens (tertiary/aromatic N) is 1. The first kappa shape index (κ1) is 16.1. The Kier molecular flexibility index (Phi) is 4.45. The van der Waals surface area contributed by atoms with Crippen molar-refractivity contribution in [1.82, 2.24) is 10.2 Å². The van der Waals surface area contributed by atoms with E-state index in [9.17, 15) is 13.2 Å². The smallest absolute Gasteiger partial charge is 0.236 e. The van der Waals surface area contributed by atoms with Crippen LogP contribution >= 0.6 is 0 Å². The normalized spacial score (nSPS) is 21.3. The van der Waals surface area contributed by atoms with Crippen molar-refractivity contribution in [1.29, 1.82) is 0 Å². The summed E-state index contributed by atoms with van der Waals surface area (Å²) < 4.78 is 33.5. The van der Waals surface area contributed by atoms with Gasteiger partial charge in [-0.05, 0) is 24.1 Å². The van der Waals surface area contributed by atoms with Gasteiger partial charge in [-0.15, -0.1) is 0 Å². The van der Waals surface area contributed by atoms with Gasteiger partial charge in [0.15, 0.2) is 21.3 Å². The first-order chi connectivity index (χ1) is 10.9. The predicted molar refractivity (Wildman–Crippen MR) is 84.1 cm³/mol. The molecular formula is C15H20N2O5S. The molecule has 1 aromatic rings. The monoisotopic (exact) mass is 340 g/mol. The van der Waals surface area contributed by atoms with Gasteiger partial charge in [0, 0.05) is 19.6 Å². The van der Waals surface area contributed by atoms with Gasteiger partial charge in [0.2, 0.25) is 12.7 Å². The Hall–Kier alpha value is -1.80. The van der Waals surface area contributed by atoms with Gasteiger partial charge < -0.3 is 19.7 Å². The van der Waals surface area contributed by atoms with Crippen LogP contribution in [0.2, 0.25) is 0 Å². The lowest BCUT2D eigenvalue weighted by Crippen LogP contribution is -2.42. The summed E-state index contributed by atoms with van der Waals surface area (Å²) in [6.07, 6.45) is 0.521. The summed E-state index contributed by atoms with van der Waals surface area (Å²) in [5.74, 6) is 1.57. The lowest BCUT2D eigenvalue weighted by Gasteiger charge is -2.23. The number of rotatable bonds is 5. The molecule has 2 aliphatic rings. The zero-order valence-electron chi connectivity index (χ0n) is 12.9. The maximum absolute atomic E-state index is 12.1. The van der Waals surface area contributed by atoms with Crippen molar-refractivity contribution in [2.24, 2.45) is 0 Å². The summed E-state index contributed by atoms with van der Waals surface area (Å²) >= 11 is 0. The number of hydrogen-bond donors (Lipinski definition) is 1. The van der Waals surface area contributed by atoms with Crippen LogP contribution in [0.4, 0.5) is 0 Å². The molecule has 2 aliphatic heterocycles. The van der Waals surface area contributed by atoms with E-state index < -0.39 is 9.84 Å². The van der Waals surface area contributed by atoms with Gasteiger partial charge in [-0.2, -0.15) is 0 Å². The Morgan fingerprint density at radius 3 is 2.87 bits per heavy atom. The molecule has 0 radical (unpaired) electrons. The lowest BCUT2D eigenvalue weighted by molar-refractivity contribution is -0.130. The van der Waals surface area contributed by atoms with Gasteiger partial charge in [0.05, 0.1) is 18.1 Å². The molecule has 23 heavy (non-hydrogen) atoms. The number of likely N-dealkylation sites (N-methyl/N-ethyl adjacent to an activating group) is 1. The molecule has 1 aromatic carbocycles. The molecule has 1 fully saturated rings. The molecule has 2 heterocycles. The highest BCUT2D eigenvalue weighted by molar-refractivity contribution is 7.91. The summed E-state index contributed by atoms with van der Waals surface area (Å²) in [5, 5.41) is 3.08. The fourth-order valence-corrected chi connectivity index (χ4v) is 4.55. The van der Waals surface area contributed by atoms with Crippen LogP contribution in [-0.2, 0) is 21.2 Å². The van der Waals surface area contributed by atoms with Gasteiger partial charge >= 0.3 is 0 Å². The van der Waals surface area contributed by atoms with Crippen molar-refractivity contribution < 1.29 is 22.7 Å². The summed E-state index contributed by atoms with van der Waals surface area (Å²) in [5.41, 5.74) is 0.994. The molecule has 1 amide bonds. The van der Waals surface area contributed by atoms with Gasteiger partial charge in [-0.3, -0.25) is 4.79 Å². The van der Waals surface area contributed by atoms with Crippen molar-refractivity contribution >= 4 is 15.7 Å². The Labute approximate surface area is 135 Å². The first-order valence-electron chi connectivity index (χ1n) is 7.50. The van der Waals surface area contributed by atoms with E-state index in [1.54, 1.807) is 7.05 Å². The minimum Gasteiger partial charge on any atom is -0.454 e. The van der Waals surface area contributed by atoms with Crippen LogP contribution in [-0.4, -0.2) is 57.2 Å². The maximum atomic E-state index is 12.1. The molecule has 7 nitrogen and oxygen atoms in total. The second-order valence-electron chi connectivity index (χ2n) is 5.85. The second kappa shape index (κ2) is 6.37. The molecule has 1 saturated heterocycles. The predicted octanol–water partition coefficient (Wildman–Crippen LogP) is 0.150. The topological polar surface area (TPSA) is 84.9 Å². The van der Waals surface area contributed by atoms with Crippen LogP contribution in [0.1, 0.15) is 12.0 Å². The van der Waals surface area contributed by atoms with Crippen LogP contribution in [0.3, 0.4) is 0 Å². The molecular weight excluding hydrogens is 320 g/mol. The fraction of sp³-hybridized carbons (Fsp3) is 0.533. The molecule has 1 N–H and O–H groups in total. The number of carbonyl (C=O) groups is 1. The van der Waals surface area contributed by atoms with Gasteiger partial charge in [-0.25, -0.2) is 8.42 Å². The number of benzene rings is 1. The molecule has 1 unspecified atom stereocenters.